The molecule has 0 radical (unpaired) electrons. The topological polar surface area (TPSA) is 236 Å². The predicted octanol–water partition coefficient (Wildman–Crippen LogP) is 24.6. The minimum absolute atomic E-state index is 0.105. The third-order valence-corrected chi connectivity index (χ3v) is 23.6. The number of fused-ring (bicyclic) bond motifs is 3. The molecular weight excluding hydrogens is 1600 g/mol. The summed E-state index contributed by atoms with van der Waals surface area (Å²) in [5.41, 5.74) is 11.2. The van der Waals surface area contributed by atoms with Crippen molar-refractivity contribution in [3.63, 3.8) is 0 Å². The summed E-state index contributed by atoms with van der Waals surface area (Å²) >= 11 is 4.64. The summed E-state index contributed by atoms with van der Waals surface area (Å²) in [4.78, 5) is 71.0. The van der Waals surface area contributed by atoms with Gasteiger partial charge < -0.3 is 39.1 Å². The van der Waals surface area contributed by atoms with Crippen molar-refractivity contribution in [2.24, 2.45) is 11.3 Å². The lowest BCUT2D eigenvalue weighted by molar-refractivity contribution is -0.134. The number of ether oxygens (including phenoxy) is 3. The number of aromatic nitrogens is 6. The van der Waals surface area contributed by atoms with E-state index in [9.17, 15) is 32.3 Å². The van der Waals surface area contributed by atoms with Gasteiger partial charge in [-0.05, 0) is 211 Å². The van der Waals surface area contributed by atoms with Crippen LogP contribution in [0.2, 0.25) is 0 Å². The Balaban J connectivity index is 0.000000149. The van der Waals surface area contributed by atoms with Gasteiger partial charge in [0, 0.05) is 107 Å². The van der Waals surface area contributed by atoms with E-state index in [1.54, 1.807) is 96.7 Å². The molecule has 10 heterocycles. The van der Waals surface area contributed by atoms with Crippen molar-refractivity contribution < 1.29 is 55.5 Å². The molecule has 14 aromatic rings. The van der Waals surface area contributed by atoms with E-state index in [0.717, 1.165) is 191 Å². The molecule has 18 nitrogen and oxygen atoms in total. The number of hydrogen-bond donors (Lipinski definition) is 3. The molecule has 2 aliphatic carbocycles. The number of ketones is 4. The van der Waals surface area contributed by atoms with Crippen LogP contribution in [-0.2, 0) is 51.7 Å². The van der Waals surface area contributed by atoms with Crippen LogP contribution in [-0.4, -0.2) is 72.8 Å². The number of aryl methyl sites for hydroxylation is 5. The number of hydrogen-bond acceptors (Lipinski definition) is 21. The second-order valence-corrected chi connectivity index (χ2v) is 33.5. The van der Waals surface area contributed by atoms with Crippen LogP contribution in [0.4, 0.5) is 13.2 Å². The maximum absolute atomic E-state index is 14.2. The second kappa shape index (κ2) is 45.0. The van der Waals surface area contributed by atoms with Gasteiger partial charge in [0.25, 0.3) is 0 Å². The lowest BCUT2D eigenvalue weighted by Crippen LogP contribution is -2.26. The zero-order valence-electron chi connectivity index (χ0n) is 71.1. The fraction of sp³-hybridized carbons (Fsp3) is 0.327. The monoisotopic (exact) mass is 1710 g/mol. The number of rotatable bonds is 32. The number of nitrogens with one attached hydrogen (secondary N) is 3. The van der Waals surface area contributed by atoms with Crippen molar-refractivity contribution in [3.05, 3.63) is 262 Å². The summed E-state index contributed by atoms with van der Waals surface area (Å²) < 4.78 is 73.3. The van der Waals surface area contributed by atoms with Crippen LogP contribution in [0.5, 0.6) is 34.5 Å². The Morgan fingerprint density at radius 3 is 1.40 bits per heavy atom. The first-order valence-corrected chi connectivity index (χ1v) is 44.2. The molecule has 0 spiro atoms. The number of halogens is 3. The van der Waals surface area contributed by atoms with Crippen LogP contribution in [0.25, 0.3) is 62.4 Å². The Morgan fingerprint density at radius 1 is 0.459 bits per heavy atom. The highest BCUT2D eigenvalue weighted by Gasteiger charge is 2.54. The first kappa shape index (κ1) is 91.5. The van der Waals surface area contributed by atoms with Crippen LogP contribution in [0.15, 0.2) is 198 Å². The van der Waals surface area contributed by atoms with Gasteiger partial charge in [-0.15, -0.1) is 34.0 Å². The van der Waals surface area contributed by atoms with Gasteiger partial charge in [0.2, 0.25) is 0 Å². The Labute approximate surface area is 723 Å². The minimum Gasteiger partial charge on any atom is -0.459 e. The standard InChI is InChI=1S/2C23H22FN3OS.C22H21FN2O2S.C15H18O2.C8H11NO2.C7H12O/c1-3-9-25-13-16-5-6-18(27-14-16)22-12-19-23(29-22)21(8-10-26-19)28-20-7-4-15(2)11-17(20)24;1-3-9-25-13-16-5-7-19(27-14-16)22-12-20-23(29-22)21(8-10-26-20)28-17-6-4-15(2)18(24)11-17;1-3-9-24-13-15-5-7-19(26-15)21-12-17-22(28-21)20(8-10-25-17)27-18-6-4-14(2)11-16(18)23;1-3-13(16)15(8-9-15)14(17)10-12-6-4-11(2)5-7-12;1-3-8(10)5-7-4-6(2)11-9-7;1-2-7(8)5-6-3-4-6/h2*4-8,10-12,14,25H,3,9,13H2,1-2H3;4-8,10-12,24H,3,9,13H2,1-2H3;4-7H,3,8-10H2,1-2H3;4H,3,5H2,1-2H3;6H,2-5H2,1H3. The number of pyridine rings is 5. The molecule has 0 unspecified atom stereocenters. The van der Waals surface area contributed by atoms with Crippen molar-refractivity contribution in [2.75, 3.05) is 19.6 Å². The molecule has 0 atom stereocenters. The number of nitrogens with zero attached hydrogens (tertiary/aromatic N) is 6. The summed E-state index contributed by atoms with van der Waals surface area (Å²) in [6, 6.07) is 48.0. The normalized spacial score (nSPS) is 12.3. The Kier molecular flexibility index (Phi) is 33.8. The summed E-state index contributed by atoms with van der Waals surface area (Å²) in [6.45, 7) is 26.6. The predicted molar refractivity (Wildman–Crippen MR) is 482 cm³/mol. The fourth-order valence-corrected chi connectivity index (χ4v) is 15.9. The quantitative estimate of drug-likeness (QED) is 0.0262. The van der Waals surface area contributed by atoms with Crippen LogP contribution >= 0.6 is 34.0 Å². The van der Waals surface area contributed by atoms with Crippen LogP contribution in [0, 0.1) is 63.4 Å². The second-order valence-electron chi connectivity index (χ2n) is 30.4. The fourth-order valence-electron chi connectivity index (χ4n) is 12.8. The van der Waals surface area contributed by atoms with Gasteiger partial charge >= 0.3 is 0 Å². The molecule has 2 fully saturated rings. The highest BCUT2D eigenvalue weighted by Crippen LogP contribution is 2.49. The molecule has 0 saturated heterocycles. The summed E-state index contributed by atoms with van der Waals surface area (Å²) in [5.74, 6) is 5.77. The third-order valence-electron chi connectivity index (χ3n) is 20.1. The number of Topliss-reactive ketones (excluding diaryl/α,β-unsaturated/α-hetero) is 4. The average Bonchev–Trinajstić information content (AvgIpc) is 1.62. The van der Waals surface area contributed by atoms with Crippen LogP contribution < -0.4 is 30.2 Å². The summed E-state index contributed by atoms with van der Waals surface area (Å²) in [7, 11) is 0. The lowest BCUT2D eigenvalue weighted by Gasteiger charge is -2.11. The van der Waals surface area contributed by atoms with E-state index < -0.39 is 5.41 Å². The number of benzene rings is 4. The van der Waals surface area contributed by atoms with Crippen LogP contribution in [0.3, 0.4) is 0 Å². The molecule has 2 aliphatic rings. The van der Waals surface area contributed by atoms with Gasteiger partial charge in [-0.25, -0.2) is 13.2 Å². The third kappa shape index (κ3) is 26.4. The van der Waals surface area contributed by atoms with Crippen LogP contribution in [0.1, 0.15) is 168 Å². The highest BCUT2D eigenvalue weighted by molar-refractivity contribution is 7.23. The van der Waals surface area contributed by atoms with E-state index >= 15 is 0 Å². The number of thiophene rings is 3. The number of carbonyl (C=O) groups excluding carboxylic acids is 4. The molecule has 636 valence electrons. The van der Waals surface area contributed by atoms with Gasteiger partial charge in [0.05, 0.1) is 80.7 Å². The van der Waals surface area contributed by atoms with E-state index in [2.05, 4.69) is 78.9 Å². The number of furan rings is 1. The largest absolute Gasteiger partial charge is 0.459 e. The van der Waals surface area contributed by atoms with Crippen molar-refractivity contribution in [1.29, 1.82) is 0 Å². The maximum Gasteiger partial charge on any atom is 0.165 e. The first-order valence-electron chi connectivity index (χ1n) is 41.7. The lowest BCUT2D eigenvalue weighted by atomic mass is 9.89. The molecular formula is C98H106F3N9O9S3. The van der Waals surface area contributed by atoms with Crippen molar-refractivity contribution in [2.45, 2.75) is 179 Å². The van der Waals surface area contributed by atoms with Crippen molar-refractivity contribution >= 4 is 87.8 Å². The SMILES string of the molecule is CCC(=O)C1(C(=O)Cc2ccc(C)cc2)CC1.CCC(=O)CC1CC1.CCC(=O)Cc1cc(C)on1.CCCNCc1ccc(-c2cc3nccc(Oc4ccc(C)c(F)c4)c3s2)nc1.CCCNCc1ccc(-c2cc3nccc(Oc4ccc(C)cc4F)c3s2)nc1.CCCNCc1ccc(-c2cc3nccc(Oc4ccc(C)cc4F)c3s2)o1. The molecule has 16 rings (SSSR count). The Morgan fingerprint density at radius 2 is 0.951 bits per heavy atom. The van der Waals surface area contributed by atoms with Gasteiger partial charge in [0.15, 0.2) is 28.9 Å². The molecule has 24 heteroatoms. The maximum atomic E-state index is 14.2. The molecule has 122 heavy (non-hydrogen) atoms. The minimum atomic E-state index is -0.611. The van der Waals surface area contributed by atoms with E-state index in [-0.39, 0.29) is 46.3 Å². The van der Waals surface area contributed by atoms with Gasteiger partial charge in [-0.3, -0.25) is 44.1 Å². The highest BCUT2D eigenvalue weighted by atomic mass is 32.1. The molecule has 0 amide bonds. The van der Waals surface area contributed by atoms with E-state index in [4.69, 9.17) is 23.2 Å². The Hall–Kier alpha value is -11.3. The van der Waals surface area contributed by atoms with E-state index in [1.165, 1.54) is 47.9 Å². The number of carbonyl (C=O) groups is 4. The van der Waals surface area contributed by atoms with Crippen molar-refractivity contribution in [1.82, 2.24) is 46.0 Å². The molecule has 10 aromatic heterocycles. The Bertz CT molecular complexity index is 5800. The zero-order valence-corrected chi connectivity index (χ0v) is 73.6. The smallest absolute Gasteiger partial charge is 0.165 e. The first-order chi connectivity index (χ1) is 59.0. The molecule has 4 aromatic carbocycles. The van der Waals surface area contributed by atoms with E-state index in [1.807, 2.05) is 140 Å². The van der Waals surface area contributed by atoms with E-state index in [0.29, 0.717) is 66.6 Å². The molecule has 0 aliphatic heterocycles. The van der Waals surface area contributed by atoms with Gasteiger partial charge in [-0.1, -0.05) is 107 Å². The van der Waals surface area contributed by atoms with Crippen molar-refractivity contribution in [3.8, 4) is 66.3 Å². The molecule has 2 saturated carbocycles. The van der Waals surface area contributed by atoms with Gasteiger partial charge in [0.1, 0.15) is 63.4 Å². The summed E-state index contributed by atoms with van der Waals surface area (Å²) in [5, 5.41) is 13.8. The molecule has 0 bridgehead atoms. The van der Waals surface area contributed by atoms with Gasteiger partial charge in [-0.2, -0.15) is 0 Å². The average molecular weight is 1710 g/mol. The summed E-state index contributed by atoms with van der Waals surface area (Å²) in [6.07, 6.45) is 19.7. The molecule has 3 N–H and O–H groups in total. The zero-order chi connectivity index (χ0) is 86.7.